The largest absolute Gasteiger partial charge is 0.312 e. The number of nitriles is 1. The number of hydrogen-bond acceptors (Lipinski definition) is 5. The van der Waals surface area contributed by atoms with E-state index in [-0.39, 0.29) is 18.1 Å². The van der Waals surface area contributed by atoms with Crippen molar-refractivity contribution in [2.45, 2.75) is 45.4 Å². The zero-order chi connectivity index (χ0) is 19.8. The van der Waals surface area contributed by atoms with Gasteiger partial charge in [0.05, 0.1) is 11.8 Å². The molecule has 2 aromatic rings. The van der Waals surface area contributed by atoms with Crippen molar-refractivity contribution in [3.05, 3.63) is 52.6 Å². The number of ketones is 1. The molecule has 1 aliphatic heterocycles. The molecule has 1 amide bonds. The smallest absolute Gasteiger partial charge is 0.227 e. The lowest BCUT2D eigenvalue weighted by molar-refractivity contribution is -0.124. The van der Waals surface area contributed by atoms with Crippen molar-refractivity contribution in [1.29, 1.82) is 5.26 Å². The van der Waals surface area contributed by atoms with E-state index in [9.17, 15) is 14.9 Å². The fraction of sp³-hybridized carbons (Fsp3) is 0.409. The highest BCUT2D eigenvalue weighted by Gasteiger charge is 2.39. The molecule has 6 heteroatoms. The molecule has 1 saturated heterocycles. The molecule has 2 heterocycles. The van der Waals surface area contributed by atoms with Gasteiger partial charge in [0.2, 0.25) is 5.91 Å². The maximum absolute atomic E-state index is 13.0. The van der Waals surface area contributed by atoms with Crippen LogP contribution in [0.25, 0.3) is 0 Å². The second kappa shape index (κ2) is 7.16. The van der Waals surface area contributed by atoms with Gasteiger partial charge in [0.15, 0.2) is 5.78 Å². The molecule has 0 radical (unpaired) electrons. The number of carbonyl (C=O) groups is 2. The molecule has 2 atom stereocenters. The van der Waals surface area contributed by atoms with Gasteiger partial charge in [-0.2, -0.15) is 5.26 Å². The number of Topliss-reactive ketones (excluding diaryl/α,β-unsaturated/α-hetero) is 1. The van der Waals surface area contributed by atoms with Crippen LogP contribution >= 0.6 is 0 Å². The Bertz CT molecular complexity index is 988. The summed E-state index contributed by atoms with van der Waals surface area (Å²) in [4.78, 5) is 35.8. The molecule has 1 aromatic heterocycles. The van der Waals surface area contributed by atoms with Gasteiger partial charge in [-0.1, -0.05) is 6.07 Å². The zero-order valence-electron chi connectivity index (χ0n) is 16.1. The fourth-order valence-corrected chi connectivity index (χ4v) is 4.28. The summed E-state index contributed by atoms with van der Waals surface area (Å²) in [7, 11) is 0. The molecule has 0 bridgehead atoms. The Morgan fingerprint density at radius 2 is 2.00 bits per heavy atom. The Labute approximate surface area is 164 Å². The number of aromatic nitrogens is 2. The molecule has 1 aromatic carbocycles. The van der Waals surface area contributed by atoms with Gasteiger partial charge in [-0.15, -0.1) is 0 Å². The first kappa shape index (κ1) is 18.3. The Kier molecular flexibility index (Phi) is 4.68. The van der Waals surface area contributed by atoms with Crippen molar-refractivity contribution in [2.75, 3.05) is 11.4 Å². The number of amides is 1. The Morgan fingerprint density at radius 1 is 1.21 bits per heavy atom. The fourth-order valence-electron chi connectivity index (χ4n) is 4.28. The summed E-state index contributed by atoms with van der Waals surface area (Å²) in [5, 5.41) is 9.62. The third-order valence-corrected chi connectivity index (χ3v) is 5.62. The number of carbonyl (C=O) groups excluding carboxylic acids is 2. The van der Waals surface area contributed by atoms with E-state index in [1.807, 2.05) is 13.0 Å². The van der Waals surface area contributed by atoms with Crippen LogP contribution < -0.4 is 4.90 Å². The first-order chi connectivity index (χ1) is 13.5. The Hall–Kier alpha value is -3.07. The number of aryl methyl sites for hydroxylation is 4. The lowest BCUT2D eigenvalue weighted by Crippen LogP contribution is -2.28. The maximum atomic E-state index is 13.0. The molecule has 0 N–H and O–H groups in total. The monoisotopic (exact) mass is 374 g/mol. The summed E-state index contributed by atoms with van der Waals surface area (Å²) in [6, 6.07) is 9.89. The van der Waals surface area contributed by atoms with Gasteiger partial charge >= 0.3 is 0 Å². The number of anilines is 1. The lowest BCUT2D eigenvalue weighted by atomic mass is 9.90. The van der Waals surface area contributed by atoms with Crippen LogP contribution in [-0.4, -0.2) is 28.2 Å². The summed E-state index contributed by atoms with van der Waals surface area (Å²) < 4.78 is 0. The average Bonchev–Trinajstić information content (AvgIpc) is 3.27. The van der Waals surface area contributed by atoms with Crippen LogP contribution in [0.5, 0.6) is 0 Å². The van der Waals surface area contributed by atoms with Gasteiger partial charge in [0.25, 0.3) is 0 Å². The minimum atomic E-state index is -0.974. The van der Waals surface area contributed by atoms with Crippen LogP contribution in [-0.2, 0) is 22.4 Å². The highest BCUT2D eigenvalue weighted by molar-refractivity contribution is 6.02. The molecule has 2 aliphatic rings. The average molecular weight is 374 g/mol. The van der Waals surface area contributed by atoms with E-state index in [0.717, 1.165) is 30.6 Å². The molecule has 0 spiro atoms. The zero-order valence-corrected chi connectivity index (χ0v) is 16.1. The van der Waals surface area contributed by atoms with Crippen molar-refractivity contribution in [2.24, 2.45) is 5.92 Å². The van der Waals surface area contributed by atoms with Crippen molar-refractivity contribution in [3.8, 4) is 6.07 Å². The molecular weight excluding hydrogens is 352 g/mol. The second-order valence-corrected chi connectivity index (χ2v) is 7.66. The van der Waals surface area contributed by atoms with Gasteiger partial charge in [0.1, 0.15) is 11.7 Å². The number of rotatable bonds is 4. The normalized spacial score (nSPS) is 19.4. The summed E-state index contributed by atoms with van der Waals surface area (Å²) in [5.74, 6) is -1.25. The molecule has 1 aliphatic carbocycles. The molecule has 142 valence electrons. The van der Waals surface area contributed by atoms with Gasteiger partial charge in [-0.25, -0.2) is 9.97 Å². The van der Waals surface area contributed by atoms with E-state index in [1.165, 1.54) is 11.1 Å². The van der Waals surface area contributed by atoms with Gasteiger partial charge in [0, 0.05) is 30.3 Å². The Balaban J connectivity index is 1.56. The topological polar surface area (TPSA) is 87.0 Å². The summed E-state index contributed by atoms with van der Waals surface area (Å²) in [5.41, 5.74) is 4.63. The van der Waals surface area contributed by atoms with E-state index in [4.69, 9.17) is 0 Å². The first-order valence-corrected chi connectivity index (χ1v) is 9.64. The number of benzene rings is 1. The van der Waals surface area contributed by atoms with Crippen molar-refractivity contribution in [1.82, 2.24) is 9.97 Å². The maximum Gasteiger partial charge on any atom is 0.227 e. The standard InChI is InChI=1S/C22H22N4O2/c1-13-8-20(25-14(2)24-13)19(11-23)22(28)17-10-21(27)26(12-17)18-7-6-15-4-3-5-16(15)9-18/h6-9,17,19H,3-5,10,12H2,1-2H3/t17-,19+/m1/s1. The number of hydrogen-bond donors (Lipinski definition) is 0. The van der Waals surface area contributed by atoms with E-state index >= 15 is 0 Å². The summed E-state index contributed by atoms with van der Waals surface area (Å²) >= 11 is 0. The summed E-state index contributed by atoms with van der Waals surface area (Å²) in [6.45, 7) is 3.87. The third-order valence-electron chi connectivity index (χ3n) is 5.62. The van der Waals surface area contributed by atoms with E-state index in [0.29, 0.717) is 18.1 Å². The Morgan fingerprint density at radius 3 is 2.75 bits per heavy atom. The third kappa shape index (κ3) is 3.29. The molecule has 28 heavy (non-hydrogen) atoms. The lowest BCUT2D eigenvalue weighted by Gasteiger charge is -2.18. The molecule has 0 unspecified atom stereocenters. The predicted octanol–water partition coefficient (Wildman–Crippen LogP) is 2.81. The van der Waals surface area contributed by atoms with Gasteiger partial charge in [-0.3, -0.25) is 9.59 Å². The molecular formula is C22H22N4O2. The van der Waals surface area contributed by atoms with Gasteiger partial charge < -0.3 is 4.90 Å². The predicted molar refractivity (Wildman–Crippen MR) is 104 cm³/mol. The van der Waals surface area contributed by atoms with Crippen LogP contribution in [0.15, 0.2) is 24.3 Å². The van der Waals surface area contributed by atoms with E-state index in [1.54, 1.807) is 17.9 Å². The number of fused-ring (bicyclic) bond motifs is 1. The van der Waals surface area contributed by atoms with Crippen molar-refractivity contribution < 1.29 is 9.59 Å². The van der Waals surface area contributed by atoms with Gasteiger partial charge in [-0.05, 0) is 62.4 Å². The highest BCUT2D eigenvalue weighted by Crippen LogP contribution is 2.32. The van der Waals surface area contributed by atoms with Crippen LogP contribution in [0.1, 0.15) is 47.1 Å². The van der Waals surface area contributed by atoms with Crippen LogP contribution in [0.4, 0.5) is 5.69 Å². The highest BCUT2D eigenvalue weighted by atomic mass is 16.2. The van der Waals surface area contributed by atoms with Crippen LogP contribution in [0, 0.1) is 31.1 Å². The van der Waals surface area contributed by atoms with E-state index in [2.05, 4.69) is 28.2 Å². The van der Waals surface area contributed by atoms with Crippen molar-refractivity contribution >= 4 is 17.4 Å². The van der Waals surface area contributed by atoms with Crippen LogP contribution in [0.2, 0.25) is 0 Å². The first-order valence-electron chi connectivity index (χ1n) is 9.64. The second-order valence-electron chi connectivity index (χ2n) is 7.66. The quantitative estimate of drug-likeness (QED) is 0.821. The summed E-state index contributed by atoms with van der Waals surface area (Å²) in [6.07, 6.45) is 3.41. The van der Waals surface area contributed by atoms with Crippen LogP contribution in [0.3, 0.4) is 0 Å². The van der Waals surface area contributed by atoms with E-state index < -0.39 is 11.8 Å². The van der Waals surface area contributed by atoms with Crippen molar-refractivity contribution in [3.63, 3.8) is 0 Å². The molecule has 6 nitrogen and oxygen atoms in total. The number of nitrogens with zero attached hydrogens (tertiary/aromatic N) is 4. The SMILES string of the molecule is Cc1cc([C@H](C#N)C(=O)[C@@H]2CC(=O)N(c3ccc4c(c3)CCC4)C2)nc(C)n1. The molecule has 1 fully saturated rings. The molecule has 0 saturated carbocycles. The minimum Gasteiger partial charge on any atom is -0.312 e. The molecule has 4 rings (SSSR count). The minimum absolute atomic E-state index is 0.0666.